The zero-order valence-corrected chi connectivity index (χ0v) is 15.9. The minimum atomic E-state index is 0.0235. The maximum atomic E-state index is 12.6. The molecule has 1 aromatic rings. The first-order chi connectivity index (χ1) is 11.9. The van der Waals surface area contributed by atoms with Gasteiger partial charge in [0.2, 0.25) is 11.8 Å². The average Bonchev–Trinajstić information content (AvgIpc) is 2.61. The number of benzene rings is 1. The first-order valence-corrected chi connectivity index (χ1v) is 8.90. The predicted molar refractivity (Wildman–Crippen MR) is 101 cm³/mol. The molecule has 0 radical (unpaired) electrons. The third-order valence-electron chi connectivity index (χ3n) is 4.28. The molecular formula is C19H26ClN3O2. The van der Waals surface area contributed by atoms with Crippen LogP contribution in [0.3, 0.4) is 0 Å². The number of rotatable bonds is 5. The van der Waals surface area contributed by atoms with E-state index in [1.165, 1.54) is 0 Å². The van der Waals surface area contributed by atoms with Gasteiger partial charge in [-0.05, 0) is 44.8 Å². The summed E-state index contributed by atoms with van der Waals surface area (Å²) in [6.07, 6.45) is 2.39. The molecule has 5 nitrogen and oxygen atoms in total. The van der Waals surface area contributed by atoms with Crippen LogP contribution in [0.5, 0.6) is 0 Å². The van der Waals surface area contributed by atoms with Gasteiger partial charge in [0, 0.05) is 49.7 Å². The number of piperazine rings is 1. The third-order valence-corrected chi connectivity index (χ3v) is 4.53. The van der Waals surface area contributed by atoms with Crippen molar-refractivity contribution in [3.8, 4) is 0 Å². The fourth-order valence-electron chi connectivity index (χ4n) is 2.76. The van der Waals surface area contributed by atoms with Crippen LogP contribution in [-0.4, -0.2) is 73.3 Å². The van der Waals surface area contributed by atoms with Crippen molar-refractivity contribution in [1.29, 1.82) is 0 Å². The highest BCUT2D eigenvalue weighted by atomic mass is 35.5. The number of hydrogen-bond acceptors (Lipinski definition) is 3. The largest absolute Gasteiger partial charge is 0.339 e. The van der Waals surface area contributed by atoms with Gasteiger partial charge in [-0.1, -0.05) is 23.7 Å². The first kappa shape index (κ1) is 19.5. The van der Waals surface area contributed by atoms with Crippen LogP contribution in [0.15, 0.2) is 29.8 Å². The van der Waals surface area contributed by atoms with Gasteiger partial charge in [0.05, 0.1) is 0 Å². The van der Waals surface area contributed by atoms with Gasteiger partial charge in [0.1, 0.15) is 0 Å². The fourth-order valence-corrected chi connectivity index (χ4v) is 2.88. The summed E-state index contributed by atoms with van der Waals surface area (Å²) in [5.41, 5.74) is 1.64. The number of amides is 2. The quantitative estimate of drug-likeness (QED) is 0.754. The molecule has 1 heterocycles. The molecule has 1 aliphatic heterocycles. The van der Waals surface area contributed by atoms with Crippen LogP contribution in [-0.2, 0) is 9.59 Å². The Labute approximate surface area is 154 Å². The lowest BCUT2D eigenvalue weighted by Gasteiger charge is -2.35. The second-order valence-electron chi connectivity index (χ2n) is 6.61. The van der Waals surface area contributed by atoms with E-state index in [1.54, 1.807) is 0 Å². The standard InChI is InChI=1S/C19H26ClN3O2/c1-15(14-16-4-6-17(20)7-5-16)19(25)23-12-10-22(11-13-23)18(24)8-9-21(2)3/h4-7,14H,8-13H2,1-3H3/b15-14+. The summed E-state index contributed by atoms with van der Waals surface area (Å²) < 4.78 is 0. The molecule has 0 aliphatic carbocycles. The second-order valence-corrected chi connectivity index (χ2v) is 7.04. The van der Waals surface area contributed by atoms with Crippen LogP contribution < -0.4 is 0 Å². The number of halogens is 1. The van der Waals surface area contributed by atoms with Crippen LogP contribution in [0.4, 0.5) is 0 Å². The minimum absolute atomic E-state index is 0.0235. The predicted octanol–water partition coefficient (Wildman–Crippen LogP) is 2.37. The van der Waals surface area contributed by atoms with E-state index in [0.717, 1.165) is 12.1 Å². The SMILES string of the molecule is C/C(=C\c1ccc(Cl)cc1)C(=O)N1CCN(C(=O)CCN(C)C)CC1. The van der Waals surface area contributed by atoms with Crippen LogP contribution >= 0.6 is 11.6 Å². The summed E-state index contributed by atoms with van der Waals surface area (Å²) >= 11 is 5.88. The van der Waals surface area contributed by atoms with Crippen molar-refractivity contribution >= 4 is 29.5 Å². The number of hydrogen-bond donors (Lipinski definition) is 0. The second kappa shape index (κ2) is 9.02. The summed E-state index contributed by atoms with van der Waals surface area (Å²) in [7, 11) is 3.92. The van der Waals surface area contributed by atoms with Gasteiger partial charge in [0.15, 0.2) is 0 Å². The summed E-state index contributed by atoms with van der Waals surface area (Å²) in [4.78, 5) is 30.4. The van der Waals surface area contributed by atoms with Crippen LogP contribution in [0.1, 0.15) is 18.9 Å². The van der Waals surface area contributed by atoms with Gasteiger partial charge in [-0.2, -0.15) is 0 Å². The molecule has 1 aromatic carbocycles. The smallest absolute Gasteiger partial charge is 0.249 e. The molecule has 1 aliphatic rings. The lowest BCUT2D eigenvalue weighted by molar-refractivity contribution is -0.137. The molecular weight excluding hydrogens is 338 g/mol. The monoisotopic (exact) mass is 363 g/mol. The highest BCUT2D eigenvalue weighted by molar-refractivity contribution is 6.30. The topological polar surface area (TPSA) is 43.9 Å². The highest BCUT2D eigenvalue weighted by Gasteiger charge is 2.24. The molecule has 0 spiro atoms. The van der Waals surface area contributed by atoms with E-state index in [9.17, 15) is 9.59 Å². The summed E-state index contributed by atoms with van der Waals surface area (Å²) in [6.45, 7) is 4.95. The van der Waals surface area contributed by atoms with E-state index in [0.29, 0.717) is 43.2 Å². The van der Waals surface area contributed by atoms with E-state index in [1.807, 2.05) is 66.1 Å². The highest BCUT2D eigenvalue weighted by Crippen LogP contribution is 2.14. The number of carbonyl (C=O) groups excluding carboxylic acids is 2. The number of carbonyl (C=O) groups is 2. The van der Waals surface area contributed by atoms with E-state index in [-0.39, 0.29) is 11.8 Å². The molecule has 1 fully saturated rings. The molecule has 1 saturated heterocycles. The third kappa shape index (κ3) is 5.87. The molecule has 25 heavy (non-hydrogen) atoms. The first-order valence-electron chi connectivity index (χ1n) is 8.52. The Hall–Kier alpha value is -1.85. The Morgan fingerprint density at radius 1 is 1.08 bits per heavy atom. The Bertz CT molecular complexity index is 633. The summed E-state index contributed by atoms with van der Waals surface area (Å²) in [6, 6.07) is 7.40. The van der Waals surface area contributed by atoms with Crippen molar-refractivity contribution in [2.75, 3.05) is 46.8 Å². The molecule has 0 unspecified atom stereocenters. The Morgan fingerprint density at radius 3 is 2.20 bits per heavy atom. The van der Waals surface area contributed by atoms with E-state index >= 15 is 0 Å². The molecule has 136 valence electrons. The molecule has 0 aromatic heterocycles. The van der Waals surface area contributed by atoms with Crippen molar-refractivity contribution in [3.05, 3.63) is 40.4 Å². The zero-order valence-electron chi connectivity index (χ0n) is 15.2. The molecule has 0 bridgehead atoms. The van der Waals surface area contributed by atoms with Crippen molar-refractivity contribution in [2.45, 2.75) is 13.3 Å². The van der Waals surface area contributed by atoms with Crippen LogP contribution in [0.2, 0.25) is 5.02 Å². The maximum Gasteiger partial charge on any atom is 0.249 e. The molecule has 6 heteroatoms. The molecule has 0 N–H and O–H groups in total. The Balaban J connectivity index is 1.88. The molecule has 2 rings (SSSR count). The molecule has 0 saturated carbocycles. The summed E-state index contributed by atoms with van der Waals surface area (Å²) in [5, 5.41) is 0.677. The average molecular weight is 364 g/mol. The van der Waals surface area contributed by atoms with Gasteiger partial charge >= 0.3 is 0 Å². The molecule has 0 atom stereocenters. The summed E-state index contributed by atoms with van der Waals surface area (Å²) in [5.74, 6) is 0.185. The maximum absolute atomic E-state index is 12.6. The van der Waals surface area contributed by atoms with Crippen molar-refractivity contribution in [3.63, 3.8) is 0 Å². The van der Waals surface area contributed by atoms with Crippen molar-refractivity contribution < 1.29 is 9.59 Å². The van der Waals surface area contributed by atoms with E-state index in [2.05, 4.69) is 0 Å². The Morgan fingerprint density at radius 2 is 1.64 bits per heavy atom. The van der Waals surface area contributed by atoms with Gasteiger partial charge in [-0.25, -0.2) is 0 Å². The van der Waals surface area contributed by atoms with Gasteiger partial charge < -0.3 is 14.7 Å². The van der Waals surface area contributed by atoms with E-state index in [4.69, 9.17) is 11.6 Å². The Kier molecular flexibility index (Phi) is 7.02. The van der Waals surface area contributed by atoms with Gasteiger partial charge in [0.25, 0.3) is 0 Å². The van der Waals surface area contributed by atoms with Crippen LogP contribution in [0.25, 0.3) is 6.08 Å². The van der Waals surface area contributed by atoms with Gasteiger partial charge in [-0.15, -0.1) is 0 Å². The molecule has 2 amide bonds. The van der Waals surface area contributed by atoms with Gasteiger partial charge in [-0.3, -0.25) is 9.59 Å². The normalized spacial score (nSPS) is 15.6. The van der Waals surface area contributed by atoms with Crippen molar-refractivity contribution in [2.24, 2.45) is 0 Å². The lowest BCUT2D eigenvalue weighted by Crippen LogP contribution is -2.51. The lowest BCUT2D eigenvalue weighted by atomic mass is 10.1. The van der Waals surface area contributed by atoms with E-state index < -0.39 is 0 Å². The fraction of sp³-hybridized carbons (Fsp3) is 0.474. The zero-order chi connectivity index (χ0) is 18.4. The van der Waals surface area contributed by atoms with Crippen molar-refractivity contribution in [1.82, 2.24) is 14.7 Å². The van der Waals surface area contributed by atoms with Crippen LogP contribution in [0, 0.1) is 0 Å². The minimum Gasteiger partial charge on any atom is -0.339 e. The number of nitrogens with zero attached hydrogens (tertiary/aromatic N) is 3.